The summed E-state index contributed by atoms with van der Waals surface area (Å²) in [5.74, 6) is 2.26. The molecule has 2 aliphatic heterocycles. The minimum atomic E-state index is -0.0324. The first-order valence-corrected chi connectivity index (χ1v) is 12.3. The highest BCUT2D eigenvalue weighted by atomic mass is 16.5. The van der Waals surface area contributed by atoms with Crippen LogP contribution in [0.15, 0.2) is 29.3 Å². The van der Waals surface area contributed by atoms with Gasteiger partial charge in [-0.25, -0.2) is 0 Å². The fraction of sp³-hybridized carbons (Fsp3) is 0.680. The number of para-hydroxylation sites is 1. The van der Waals surface area contributed by atoms with Crippen molar-refractivity contribution in [1.82, 2.24) is 20.0 Å². The Morgan fingerprint density at radius 1 is 1.09 bits per heavy atom. The van der Waals surface area contributed by atoms with Gasteiger partial charge in [0.25, 0.3) is 0 Å². The Bertz CT molecular complexity index is 808. The molecule has 1 saturated carbocycles. The van der Waals surface area contributed by atoms with Gasteiger partial charge >= 0.3 is 0 Å². The lowest BCUT2D eigenvalue weighted by atomic mass is 9.95. The molecule has 2 saturated heterocycles. The number of aliphatic imine (C=N–C) groups is 1. The lowest BCUT2D eigenvalue weighted by Gasteiger charge is -2.39. The van der Waals surface area contributed by atoms with Gasteiger partial charge in [0.2, 0.25) is 5.91 Å². The van der Waals surface area contributed by atoms with Crippen LogP contribution in [0.1, 0.15) is 45.1 Å². The smallest absolute Gasteiger partial charge is 0.239 e. The molecule has 1 aliphatic carbocycles. The van der Waals surface area contributed by atoms with Crippen molar-refractivity contribution in [2.75, 3.05) is 59.5 Å². The van der Waals surface area contributed by atoms with Crippen LogP contribution >= 0.6 is 0 Å². The molecular weight excluding hydrogens is 402 g/mol. The van der Waals surface area contributed by atoms with Crippen LogP contribution in [0.3, 0.4) is 0 Å². The lowest BCUT2D eigenvalue weighted by molar-refractivity contribution is -0.135. The first kappa shape index (κ1) is 22.9. The van der Waals surface area contributed by atoms with Crippen molar-refractivity contribution in [3.63, 3.8) is 0 Å². The molecule has 7 heteroatoms. The molecular formula is C25H39N5O2. The summed E-state index contributed by atoms with van der Waals surface area (Å²) in [6.45, 7) is 11.2. The second-order valence-corrected chi connectivity index (χ2v) is 9.38. The summed E-state index contributed by atoms with van der Waals surface area (Å²) in [7, 11) is 1.75. The maximum Gasteiger partial charge on any atom is 0.239 e. The number of hydrogen-bond acceptors (Lipinski definition) is 4. The van der Waals surface area contributed by atoms with Gasteiger partial charge in [-0.05, 0) is 45.6 Å². The molecule has 0 aromatic heterocycles. The van der Waals surface area contributed by atoms with E-state index >= 15 is 0 Å². The van der Waals surface area contributed by atoms with Gasteiger partial charge in [0.15, 0.2) is 5.96 Å². The van der Waals surface area contributed by atoms with Crippen molar-refractivity contribution in [3.8, 4) is 5.75 Å². The van der Waals surface area contributed by atoms with Crippen molar-refractivity contribution >= 4 is 11.9 Å². The van der Waals surface area contributed by atoms with Crippen LogP contribution in [0.2, 0.25) is 0 Å². The topological polar surface area (TPSA) is 60.4 Å². The van der Waals surface area contributed by atoms with E-state index in [1.165, 1.54) is 5.56 Å². The normalized spacial score (nSPS) is 22.0. The number of likely N-dealkylation sites (tertiary alicyclic amines) is 1. The van der Waals surface area contributed by atoms with Crippen molar-refractivity contribution in [3.05, 3.63) is 29.8 Å². The monoisotopic (exact) mass is 441 g/mol. The highest BCUT2D eigenvalue weighted by Gasteiger charge is 2.46. The number of hydrogen-bond donors (Lipinski definition) is 1. The Labute approximate surface area is 192 Å². The predicted molar refractivity (Wildman–Crippen MR) is 128 cm³/mol. The number of piperazine rings is 1. The van der Waals surface area contributed by atoms with Crippen LogP contribution in [0.5, 0.6) is 5.75 Å². The molecule has 0 radical (unpaired) electrons. The van der Waals surface area contributed by atoms with Crippen LogP contribution in [0.25, 0.3) is 0 Å². The van der Waals surface area contributed by atoms with Crippen LogP contribution in [0, 0.1) is 0 Å². The molecule has 3 fully saturated rings. The summed E-state index contributed by atoms with van der Waals surface area (Å²) in [4.78, 5) is 24.6. The Morgan fingerprint density at radius 3 is 2.41 bits per heavy atom. The number of guanidine groups is 1. The van der Waals surface area contributed by atoms with Crippen LogP contribution in [0.4, 0.5) is 0 Å². The summed E-state index contributed by atoms with van der Waals surface area (Å²) >= 11 is 0. The number of amides is 1. The van der Waals surface area contributed by atoms with Gasteiger partial charge < -0.3 is 19.9 Å². The highest BCUT2D eigenvalue weighted by molar-refractivity contribution is 5.82. The number of carbonyl (C=O) groups is 1. The summed E-state index contributed by atoms with van der Waals surface area (Å²) in [5, 5.41) is 3.50. The first-order valence-electron chi connectivity index (χ1n) is 12.3. The fourth-order valence-electron chi connectivity index (χ4n) is 5.08. The van der Waals surface area contributed by atoms with E-state index in [1.54, 1.807) is 7.11 Å². The largest absolute Gasteiger partial charge is 0.496 e. The molecule has 1 N–H and O–H groups in total. The van der Waals surface area contributed by atoms with Gasteiger partial charge in [-0.15, -0.1) is 0 Å². The summed E-state index contributed by atoms with van der Waals surface area (Å²) < 4.78 is 5.62. The minimum absolute atomic E-state index is 0.0324. The second-order valence-electron chi connectivity index (χ2n) is 9.38. The molecule has 1 unspecified atom stereocenters. The number of rotatable bonds is 7. The molecule has 3 aliphatic rings. The second kappa shape index (κ2) is 10.1. The Morgan fingerprint density at radius 2 is 1.78 bits per heavy atom. The SMILES string of the molecule is CCNC(=NCC1(c2ccccc2OC)CC1)N1CCN(C(C)C(=O)N2CCCC2)CC1. The molecule has 0 bridgehead atoms. The van der Waals surface area contributed by atoms with E-state index in [1.807, 2.05) is 17.0 Å². The zero-order valence-electron chi connectivity index (χ0n) is 20.0. The average molecular weight is 442 g/mol. The number of carbonyl (C=O) groups excluding carboxylic acids is 1. The molecule has 1 aromatic carbocycles. The number of benzene rings is 1. The zero-order valence-corrected chi connectivity index (χ0v) is 20.0. The standard InChI is InChI=1S/C25H39N5O2/c1-4-26-24(27-19-25(11-12-25)21-9-5-6-10-22(21)32-3)30-17-15-28(16-18-30)20(2)23(31)29-13-7-8-14-29/h5-6,9-10,20H,4,7-8,11-19H2,1-3H3,(H,26,27). The number of methoxy groups -OCH3 is 1. The Balaban J connectivity index is 1.37. The van der Waals surface area contributed by atoms with Gasteiger partial charge in [0.1, 0.15) is 5.75 Å². The molecule has 4 rings (SSSR count). The van der Waals surface area contributed by atoms with E-state index in [-0.39, 0.29) is 11.5 Å². The number of nitrogens with zero attached hydrogens (tertiary/aromatic N) is 4. The molecule has 1 atom stereocenters. The van der Waals surface area contributed by atoms with Crippen LogP contribution in [-0.2, 0) is 10.2 Å². The lowest BCUT2D eigenvalue weighted by Crippen LogP contribution is -2.57. The van der Waals surface area contributed by atoms with Gasteiger partial charge in [-0.2, -0.15) is 0 Å². The summed E-state index contributed by atoms with van der Waals surface area (Å²) in [5.41, 5.74) is 1.38. The van der Waals surface area contributed by atoms with Gasteiger partial charge in [-0.1, -0.05) is 18.2 Å². The number of nitrogens with one attached hydrogen (secondary N) is 1. The number of ether oxygens (including phenoxy) is 1. The summed E-state index contributed by atoms with van der Waals surface area (Å²) in [6.07, 6.45) is 4.59. The Kier molecular flexibility index (Phi) is 7.23. The van der Waals surface area contributed by atoms with E-state index < -0.39 is 0 Å². The van der Waals surface area contributed by atoms with Gasteiger partial charge in [-0.3, -0.25) is 14.7 Å². The molecule has 2 heterocycles. The quantitative estimate of drug-likeness (QED) is 0.520. The Hall–Kier alpha value is -2.28. The van der Waals surface area contributed by atoms with Crippen molar-refractivity contribution in [2.45, 2.75) is 51.0 Å². The maximum atomic E-state index is 12.8. The highest BCUT2D eigenvalue weighted by Crippen LogP contribution is 2.51. The maximum absolute atomic E-state index is 12.8. The first-order chi connectivity index (χ1) is 15.6. The van der Waals surface area contributed by atoms with E-state index in [0.29, 0.717) is 5.91 Å². The van der Waals surface area contributed by atoms with Crippen LogP contribution < -0.4 is 10.1 Å². The fourth-order valence-corrected chi connectivity index (χ4v) is 5.08. The molecule has 7 nitrogen and oxygen atoms in total. The molecule has 1 aromatic rings. The van der Waals surface area contributed by atoms with Crippen molar-refractivity contribution in [2.24, 2.45) is 4.99 Å². The van der Waals surface area contributed by atoms with Crippen molar-refractivity contribution < 1.29 is 9.53 Å². The van der Waals surface area contributed by atoms with Crippen LogP contribution in [-0.4, -0.2) is 92.1 Å². The van der Waals surface area contributed by atoms with E-state index in [4.69, 9.17) is 9.73 Å². The van der Waals surface area contributed by atoms with Gasteiger partial charge in [0, 0.05) is 56.8 Å². The third-order valence-corrected chi connectivity index (χ3v) is 7.33. The predicted octanol–water partition coefficient (Wildman–Crippen LogP) is 2.32. The van der Waals surface area contributed by atoms with E-state index in [0.717, 1.165) is 89.8 Å². The average Bonchev–Trinajstić information content (AvgIpc) is 3.42. The molecule has 32 heavy (non-hydrogen) atoms. The summed E-state index contributed by atoms with van der Waals surface area (Å²) in [6, 6.07) is 8.33. The van der Waals surface area contributed by atoms with Crippen molar-refractivity contribution in [1.29, 1.82) is 0 Å². The van der Waals surface area contributed by atoms with E-state index in [2.05, 4.69) is 41.1 Å². The zero-order chi connectivity index (χ0) is 22.6. The third kappa shape index (κ3) is 4.87. The minimum Gasteiger partial charge on any atom is -0.496 e. The molecule has 176 valence electrons. The van der Waals surface area contributed by atoms with Gasteiger partial charge in [0.05, 0.1) is 19.7 Å². The van der Waals surface area contributed by atoms with E-state index in [9.17, 15) is 4.79 Å². The molecule has 1 amide bonds. The molecule has 0 spiro atoms. The third-order valence-electron chi connectivity index (χ3n) is 7.33.